The molecule has 118 valence electrons. The number of nitrogens with zero attached hydrogens (tertiary/aromatic N) is 1. The molecule has 0 aromatic heterocycles. The minimum Gasteiger partial charge on any atom is -0.330 e. The molecule has 1 fully saturated rings. The Bertz CT molecular complexity index is 540. The van der Waals surface area contributed by atoms with Gasteiger partial charge in [-0.05, 0) is 55.8 Å². The lowest BCUT2D eigenvalue weighted by Crippen LogP contribution is -2.28. The largest absolute Gasteiger partial charge is 0.330 e. The van der Waals surface area contributed by atoms with Gasteiger partial charge in [-0.25, -0.2) is 8.42 Å². The first-order valence-electron chi connectivity index (χ1n) is 7.87. The first-order chi connectivity index (χ1) is 10.1. The molecule has 0 bridgehead atoms. The zero-order valence-electron chi connectivity index (χ0n) is 12.8. The van der Waals surface area contributed by atoms with Crippen molar-refractivity contribution in [1.82, 2.24) is 4.31 Å². The van der Waals surface area contributed by atoms with Crippen molar-refractivity contribution in [2.45, 2.75) is 43.9 Å². The van der Waals surface area contributed by atoms with E-state index in [4.69, 9.17) is 5.73 Å². The van der Waals surface area contributed by atoms with Crippen molar-refractivity contribution >= 4 is 10.0 Å². The van der Waals surface area contributed by atoms with E-state index >= 15 is 0 Å². The maximum atomic E-state index is 12.6. The molecule has 1 atom stereocenters. The Balaban J connectivity index is 2.06. The summed E-state index contributed by atoms with van der Waals surface area (Å²) in [6.45, 7) is 4.14. The summed E-state index contributed by atoms with van der Waals surface area (Å²) in [6.07, 6.45) is 5.05. The molecule has 1 aromatic rings. The second kappa shape index (κ2) is 7.38. The van der Waals surface area contributed by atoms with Gasteiger partial charge < -0.3 is 5.73 Å². The van der Waals surface area contributed by atoms with E-state index in [1.807, 2.05) is 12.1 Å². The van der Waals surface area contributed by atoms with Gasteiger partial charge in [-0.3, -0.25) is 0 Å². The maximum absolute atomic E-state index is 12.6. The molecule has 0 saturated carbocycles. The van der Waals surface area contributed by atoms with Crippen molar-refractivity contribution < 1.29 is 8.42 Å². The average molecular weight is 310 g/mol. The standard InChI is InChI=1S/C16H26N2O2S/c1-2-4-15-10-12-18(13-15)21(19,20)16-8-6-14(7-9-16)5-3-11-17/h6-9,15H,2-5,10-13,17H2,1H3. The van der Waals surface area contributed by atoms with Gasteiger partial charge in [0, 0.05) is 13.1 Å². The Morgan fingerprint density at radius 3 is 2.62 bits per heavy atom. The minimum atomic E-state index is -3.32. The molecule has 1 aliphatic rings. The van der Waals surface area contributed by atoms with Crippen molar-refractivity contribution in [3.8, 4) is 0 Å². The molecular weight excluding hydrogens is 284 g/mol. The Morgan fingerprint density at radius 1 is 1.29 bits per heavy atom. The van der Waals surface area contributed by atoms with Gasteiger partial charge in [0.2, 0.25) is 10.0 Å². The van der Waals surface area contributed by atoms with Gasteiger partial charge in [-0.2, -0.15) is 4.31 Å². The third-order valence-electron chi connectivity index (χ3n) is 4.18. The molecule has 4 nitrogen and oxygen atoms in total. The zero-order chi connectivity index (χ0) is 15.3. The van der Waals surface area contributed by atoms with E-state index in [-0.39, 0.29) is 0 Å². The van der Waals surface area contributed by atoms with E-state index in [2.05, 4.69) is 6.92 Å². The molecule has 1 aromatic carbocycles. The highest BCUT2D eigenvalue weighted by atomic mass is 32.2. The number of hydrogen-bond acceptors (Lipinski definition) is 3. The van der Waals surface area contributed by atoms with Gasteiger partial charge >= 0.3 is 0 Å². The molecule has 0 spiro atoms. The Morgan fingerprint density at radius 2 is 2.00 bits per heavy atom. The van der Waals surface area contributed by atoms with Gasteiger partial charge in [0.1, 0.15) is 0 Å². The van der Waals surface area contributed by atoms with E-state index in [0.717, 1.165) is 37.7 Å². The predicted octanol–water partition coefficient (Wildman–Crippen LogP) is 2.39. The Kier molecular flexibility index (Phi) is 5.79. The summed E-state index contributed by atoms with van der Waals surface area (Å²) >= 11 is 0. The molecule has 1 aliphatic heterocycles. The van der Waals surface area contributed by atoms with Crippen LogP contribution < -0.4 is 5.73 Å². The summed E-state index contributed by atoms with van der Waals surface area (Å²) in [5, 5.41) is 0. The van der Waals surface area contributed by atoms with Crippen molar-refractivity contribution in [1.29, 1.82) is 0 Å². The number of sulfonamides is 1. The summed E-state index contributed by atoms with van der Waals surface area (Å²) in [5.74, 6) is 0.522. The zero-order valence-corrected chi connectivity index (χ0v) is 13.6. The van der Waals surface area contributed by atoms with E-state index < -0.39 is 10.0 Å². The maximum Gasteiger partial charge on any atom is 0.243 e. The van der Waals surface area contributed by atoms with Crippen LogP contribution in [0, 0.1) is 5.92 Å². The SMILES string of the molecule is CCCC1CCN(S(=O)(=O)c2ccc(CCCN)cc2)C1. The van der Waals surface area contributed by atoms with E-state index in [1.54, 1.807) is 16.4 Å². The summed E-state index contributed by atoms with van der Waals surface area (Å²) in [6, 6.07) is 7.27. The monoisotopic (exact) mass is 310 g/mol. The van der Waals surface area contributed by atoms with Crippen LogP contribution in [-0.4, -0.2) is 32.4 Å². The molecule has 1 saturated heterocycles. The molecule has 21 heavy (non-hydrogen) atoms. The summed E-state index contributed by atoms with van der Waals surface area (Å²) in [7, 11) is -3.32. The fourth-order valence-corrected chi connectivity index (χ4v) is 4.47. The topological polar surface area (TPSA) is 63.4 Å². The minimum absolute atomic E-state index is 0.413. The highest BCUT2D eigenvalue weighted by molar-refractivity contribution is 7.89. The number of hydrogen-bond donors (Lipinski definition) is 1. The molecule has 1 heterocycles. The molecule has 0 amide bonds. The van der Waals surface area contributed by atoms with Gasteiger partial charge in [0.05, 0.1) is 4.90 Å². The average Bonchev–Trinajstić information content (AvgIpc) is 2.95. The normalized spacial score (nSPS) is 20.0. The van der Waals surface area contributed by atoms with Crippen molar-refractivity contribution in [3.05, 3.63) is 29.8 Å². The van der Waals surface area contributed by atoms with Crippen molar-refractivity contribution in [2.24, 2.45) is 11.7 Å². The van der Waals surface area contributed by atoms with Crippen LogP contribution in [0.2, 0.25) is 0 Å². The lowest BCUT2D eigenvalue weighted by atomic mass is 10.0. The number of aryl methyl sites for hydroxylation is 1. The first kappa shape index (κ1) is 16.5. The fraction of sp³-hybridized carbons (Fsp3) is 0.625. The lowest BCUT2D eigenvalue weighted by molar-refractivity contribution is 0.444. The molecule has 1 unspecified atom stereocenters. The third kappa shape index (κ3) is 4.05. The number of rotatable bonds is 7. The molecular formula is C16H26N2O2S. The third-order valence-corrected chi connectivity index (χ3v) is 6.06. The molecule has 0 radical (unpaired) electrons. The van der Waals surface area contributed by atoms with Crippen LogP contribution in [0.1, 0.15) is 38.2 Å². The van der Waals surface area contributed by atoms with Crippen LogP contribution in [0.5, 0.6) is 0 Å². The van der Waals surface area contributed by atoms with Gasteiger partial charge in [0.25, 0.3) is 0 Å². The van der Waals surface area contributed by atoms with Crippen molar-refractivity contribution in [2.75, 3.05) is 19.6 Å². The molecule has 2 N–H and O–H groups in total. The van der Waals surface area contributed by atoms with E-state index in [9.17, 15) is 8.42 Å². The second-order valence-electron chi connectivity index (χ2n) is 5.84. The van der Waals surface area contributed by atoms with Gasteiger partial charge in [-0.15, -0.1) is 0 Å². The molecule has 0 aliphatic carbocycles. The Labute approximate surface area is 128 Å². The van der Waals surface area contributed by atoms with Crippen molar-refractivity contribution in [3.63, 3.8) is 0 Å². The fourth-order valence-electron chi connectivity index (χ4n) is 2.94. The summed E-state index contributed by atoms with van der Waals surface area (Å²) < 4.78 is 26.9. The van der Waals surface area contributed by atoms with E-state index in [0.29, 0.717) is 30.4 Å². The summed E-state index contributed by atoms with van der Waals surface area (Å²) in [4.78, 5) is 0.413. The first-order valence-corrected chi connectivity index (χ1v) is 9.31. The predicted molar refractivity (Wildman–Crippen MR) is 85.6 cm³/mol. The quantitative estimate of drug-likeness (QED) is 0.841. The number of nitrogens with two attached hydrogens (primary N) is 1. The van der Waals surface area contributed by atoms with Crippen LogP contribution in [0.4, 0.5) is 0 Å². The highest BCUT2D eigenvalue weighted by Gasteiger charge is 2.31. The lowest BCUT2D eigenvalue weighted by Gasteiger charge is -2.17. The smallest absolute Gasteiger partial charge is 0.243 e. The van der Waals surface area contributed by atoms with Crippen LogP contribution in [0.3, 0.4) is 0 Å². The van der Waals surface area contributed by atoms with Gasteiger partial charge in [0.15, 0.2) is 0 Å². The van der Waals surface area contributed by atoms with Gasteiger partial charge in [-0.1, -0.05) is 25.5 Å². The highest BCUT2D eigenvalue weighted by Crippen LogP contribution is 2.27. The Hall–Kier alpha value is -0.910. The summed E-state index contributed by atoms with van der Waals surface area (Å²) in [5.41, 5.74) is 6.64. The second-order valence-corrected chi connectivity index (χ2v) is 7.78. The molecule has 2 rings (SSSR count). The number of benzene rings is 1. The van der Waals surface area contributed by atoms with E-state index in [1.165, 1.54) is 0 Å². The molecule has 5 heteroatoms. The van der Waals surface area contributed by atoms with Crippen LogP contribution in [-0.2, 0) is 16.4 Å². The van der Waals surface area contributed by atoms with Crippen LogP contribution in [0.25, 0.3) is 0 Å². The van der Waals surface area contributed by atoms with Crippen LogP contribution in [0.15, 0.2) is 29.2 Å². The van der Waals surface area contributed by atoms with Crippen LogP contribution >= 0.6 is 0 Å².